The van der Waals surface area contributed by atoms with Crippen LogP contribution in [0.25, 0.3) is 0 Å². The van der Waals surface area contributed by atoms with E-state index in [1.807, 2.05) is 5.32 Å². The number of hydrogen-bond donors (Lipinski definition) is 2. The smallest absolute Gasteiger partial charge is 0.401 e. The van der Waals surface area contributed by atoms with Crippen LogP contribution in [0.1, 0.15) is 19.4 Å². The Morgan fingerprint density at radius 3 is 2.45 bits per heavy atom. The molecule has 0 bridgehead atoms. The highest BCUT2D eigenvalue weighted by molar-refractivity contribution is 5.81. The number of hydrogen-bond acceptors (Lipinski definition) is 3. The molecule has 0 spiro atoms. The SMILES string of the molecule is CCOc1ccccc1C(C)(NCC(F)(F)F)C(=O)O. The van der Waals surface area contributed by atoms with Crippen molar-refractivity contribution in [2.45, 2.75) is 25.6 Å². The number of alkyl halides is 3. The van der Waals surface area contributed by atoms with E-state index in [1.54, 1.807) is 19.1 Å². The highest BCUT2D eigenvalue weighted by atomic mass is 19.4. The Labute approximate surface area is 114 Å². The van der Waals surface area contributed by atoms with E-state index in [0.29, 0.717) is 0 Å². The van der Waals surface area contributed by atoms with Crippen molar-refractivity contribution in [3.05, 3.63) is 29.8 Å². The standard InChI is InChI=1S/C13H16F3NO3/c1-3-20-10-7-5-4-6-9(10)12(2,11(18)19)17-8-13(14,15)16/h4-7,17H,3,8H2,1-2H3,(H,18,19). The van der Waals surface area contributed by atoms with Gasteiger partial charge in [0, 0.05) is 5.56 Å². The van der Waals surface area contributed by atoms with Gasteiger partial charge in [0.05, 0.1) is 13.2 Å². The van der Waals surface area contributed by atoms with Crippen LogP contribution in [-0.2, 0) is 10.3 Å². The van der Waals surface area contributed by atoms with E-state index in [9.17, 15) is 23.1 Å². The van der Waals surface area contributed by atoms with E-state index < -0.39 is 24.2 Å². The molecule has 0 radical (unpaired) electrons. The van der Waals surface area contributed by atoms with Crippen molar-refractivity contribution in [1.29, 1.82) is 0 Å². The zero-order valence-corrected chi connectivity index (χ0v) is 11.1. The largest absolute Gasteiger partial charge is 0.494 e. The van der Waals surface area contributed by atoms with Gasteiger partial charge in [-0.15, -0.1) is 0 Å². The minimum absolute atomic E-state index is 0.151. The molecule has 1 aromatic rings. The molecule has 0 fully saturated rings. The second-order valence-electron chi connectivity index (χ2n) is 4.33. The molecule has 0 saturated heterocycles. The fourth-order valence-corrected chi connectivity index (χ4v) is 1.72. The van der Waals surface area contributed by atoms with Gasteiger partial charge in [0.2, 0.25) is 0 Å². The molecule has 0 aromatic heterocycles. The summed E-state index contributed by atoms with van der Waals surface area (Å²) in [5.74, 6) is -1.16. The van der Waals surface area contributed by atoms with Crippen molar-refractivity contribution in [2.75, 3.05) is 13.2 Å². The molecule has 0 heterocycles. The first kappa shape index (κ1) is 16.3. The van der Waals surface area contributed by atoms with Gasteiger partial charge in [-0.3, -0.25) is 5.32 Å². The third-order valence-corrected chi connectivity index (χ3v) is 2.80. The monoisotopic (exact) mass is 291 g/mol. The third kappa shape index (κ3) is 3.86. The number of carboxylic acid groups (broad SMARTS) is 1. The number of carboxylic acids is 1. The van der Waals surface area contributed by atoms with Crippen LogP contribution in [0, 0.1) is 0 Å². The quantitative estimate of drug-likeness (QED) is 0.845. The van der Waals surface area contributed by atoms with Crippen molar-refractivity contribution in [1.82, 2.24) is 5.32 Å². The normalized spacial score (nSPS) is 14.7. The molecule has 20 heavy (non-hydrogen) atoms. The fraction of sp³-hybridized carbons (Fsp3) is 0.462. The van der Waals surface area contributed by atoms with Crippen molar-refractivity contribution in [3.63, 3.8) is 0 Å². The van der Waals surface area contributed by atoms with Gasteiger partial charge in [-0.2, -0.15) is 13.2 Å². The summed E-state index contributed by atoms with van der Waals surface area (Å²) in [4.78, 5) is 11.4. The van der Waals surface area contributed by atoms with E-state index in [-0.39, 0.29) is 17.9 Å². The van der Waals surface area contributed by atoms with Gasteiger partial charge < -0.3 is 9.84 Å². The predicted octanol–water partition coefficient (Wildman–Crippen LogP) is 2.54. The Morgan fingerprint density at radius 2 is 1.95 bits per heavy atom. The topological polar surface area (TPSA) is 58.6 Å². The number of benzene rings is 1. The van der Waals surface area contributed by atoms with E-state index in [1.165, 1.54) is 19.1 Å². The zero-order chi connectivity index (χ0) is 15.4. The summed E-state index contributed by atoms with van der Waals surface area (Å²) in [6.45, 7) is 1.76. The summed E-state index contributed by atoms with van der Waals surface area (Å²) < 4.78 is 42.3. The summed E-state index contributed by atoms with van der Waals surface area (Å²) in [5, 5.41) is 11.3. The van der Waals surface area contributed by atoms with Crippen LogP contribution in [0.15, 0.2) is 24.3 Å². The average Bonchev–Trinajstić information content (AvgIpc) is 2.36. The Kier molecular flexibility index (Phi) is 4.99. The highest BCUT2D eigenvalue weighted by Gasteiger charge is 2.41. The van der Waals surface area contributed by atoms with Crippen molar-refractivity contribution in [2.24, 2.45) is 0 Å². The number of carbonyl (C=O) groups is 1. The van der Waals surface area contributed by atoms with Crippen LogP contribution in [-0.4, -0.2) is 30.4 Å². The van der Waals surface area contributed by atoms with Crippen molar-refractivity contribution >= 4 is 5.97 Å². The molecule has 0 aliphatic heterocycles. The first-order chi connectivity index (χ1) is 9.20. The number of rotatable bonds is 6. The molecule has 1 rings (SSSR count). The molecule has 1 atom stereocenters. The van der Waals surface area contributed by atoms with Gasteiger partial charge in [0.25, 0.3) is 0 Å². The number of nitrogens with one attached hydrogen (secondary N) is 1. The molecule has 0 aliphatic carbocycles. The number of aliphatic carboxylic acids is 1. The summed E-state index contributed by atoms with van der Waals surface area (Å²) in [6, 6.07) is 6.13. The minimum Gasteiger partial charge on any atom is -0.494 e. The van der Waals surface area contributed by atoms with Crippen molar-refractivity contribution in [3.8, 4) is 5.75 Å². The summed E-state index contributed by atoms with van der Waals surface area (Å²) in [5.41, 5.74) is -1.74. The second kappa shape index (κ2) is 6.13. The third-order valence-electron chi connectivity index (χ3n) is 2.80. The molecule has 4 nitrogen and oxygen atoms in total. The summed E-state index contributed by atoms with van der Waals surface area (Å²) in [7, 11) is 0. The molecule has 2 N–H and O–H groups in total. The fourth-order valence-electron chi connectivity index (χ4n) is 1.72. The Balaban J connectivity index is 3.16. The number of para-hydroxylation sites is 1. The molecule has 112 valence electrons. The van der Waals surface area contributed by atoms with Crippen LogP contribution in [0.4, 0.5) is 13.2 Å². The van der Waals surface area contributed by atoms with Gasteiger partial charge in [-0.25, -0.2) is 4.79 Å². The molecule has 1 aromatic carbocycles. The maximum absolute atomic E-state index is 12.3. The second-order valence-corrected chi connectivity index (χ2v) is 4.33. The van der Waals surface area contributed by atoms with Crippen molar-refractivity contribution < 1.29 is 27.8 Å². The summed E-state index contributed by atoms with van der Waals surface area (Å²) in [6.07, 6.45) is -4.50. The Bertz CT molecular complexity index is 476. The lowest BCUT2D eigenvalue weighted by molar-refractivity contribution is -0.150. The zero-order valence-electron chi connectivity index (χ0n) is 11.1. The van der Waals surface area contributed by atoms with Gasteiger partial charge in [0.15, 0.2) is 0 Å². The molecule has 7 heteroatoms. The molecular formula is C13H16F3NO3. The Hall–Kier alpha value is -1.76. The molecule has 0 saturated carbocycles. The molecule has 0 amide bonds. The van der Waals surface area contributed by atoms with Crippen LogP contribution in [0.5, 0.6) is 5.75 Å². The van der Waals surface area contributed by atoms with Gasteiger partial charge in [-0.1, -0.05) is 18.2 Å². The highest BCUT2D eigenvalue weighted by Crippen LogP contribution is 2.31. The van der Waals surface area contributed by atoms with E-state index >= 15 is 0 Å². The lowest BCUT2D eigenvalue weighted by Gasteiger charge is -2.29. The number of ether oxygens (including phenoxy) is 1. The van der Waals surface area contributed by atoms with Crippen LogP contribution < -0.4 is 10.1 Å². The maximum atomic E-state index is 12.3. The van der Waals surface area contributed by atoms with Crippen LogP contribution >= 0.6 is 0 Å². The van der Waals surface area contributed by atoms with Crippen LogP contribution in [0.3, 0.4) is 0 Å². The van der Waals surface area contributed by atoms with Gasteiger partial charge in [-0.05, 0) is 19.9 Å². The lowest BCUT2D eigenvalue weighted by Crippen LogP contribution is -2.50. The van der Waals surface area contributed by atoms with Gasteiger partial charge in [0.1, 0.15) is 11.3 Å². The molecular weight excluding hydrogens is 275 g/mol. The number of halogens is 3. The maximum Gasteiger partial charge on any atom is 0.401 e. The first-order valence-corrected chi connectivity index (χ1v) is 5.98. The first-order valence-electron chi connectivity index (χ1n) is 5.98. The van der Waals surface area contributed by atoms with E-state index in [4.69, 9.17) is 4.74 Å². The molecule has 1 unspecified atom stereocenters. The van der Waals surface area contributed by atoms with E-state index in [0.717, 1.165) is 0 Å². The van der Waals surface area contributed by atoms with Gasteiger partial charge >= 0.3 is 12.1 Å². The Morgan fingerprint density at radius 1 is 1.35 bits per heavy atom. The predicted molar refractivity (Wildman–Crippen MR) is 66.7 cm³/mol. The minimum atomic E-state index is -4.50. The average molecular weight is 291 g/mol. The lowest BCUT2D eigenvalue weighted by atomic mass is 9.91. The summed E-state index contributed by atoms with van der Waals surface area (Å²) >= 11 is 0. The van der Waals surface area contributed by atoms with E-state index in [2.05, 4.69) is 0 Å². The molecule has 0 aliphatic rings. The van der Waals surface area contributed by atoms with Crippen LogP contribution in [0.2, 0.25) is 0 Å².